The Bertz CT molecular complexity index is 1080. The number of nitrogens with zero attached hydrogens (tertiary/aromatic N) is 1. The van der Waals surface area contributed by atoms with Gasteiger partial charge in [-0.25, -0.2) is 4.79 Å². The van der Waals surface area contributed by atoms with E-state index in [1.54, 1.807) is 30.9 Å². The molecule has 1 heterocycles. The number of hydrogen-bond donors (Lipinski definition) is 1. The molecule has 0 fully saturated rings. The Balaban J connectivity index is 1.82. The monoisotopic (exact) mass is 476 g/mol. The second-order valence-corrected chi connectivity index (χ2v) is 9.50. The number of rotatable bonds is 9. The molecule has 1 N–H and O–H groups in total. The lowest BCUT2D eigenvalue weighted by atomic mass is 9.83. The summed E-state index contributed by atoms with van der Waals surface area (Å²) >= 11 is 0. The van der Waals surface area contributed by atoms with Gasteiger partial charge in [-0.1, -0.05) is 55.8 Å². The fourth-order valence-corrected chi connectivity index (χ4v) is 4.28. The van der Waals surface area contributed by atoms with Crippen LogP contribution in [-0.4, -0.2) is 35.8 Å². The van der Waals surface area contributed by atoms with Crippen LogP contribution in [0.4, 0.5) is 0 Å². The summed E-state index contributed by atoms with van der Waals surface area (Å²) in [5.41, 5.74) is 4.65. The van der Waals surface area contributed by atoms with Crippen LogP contribution in [0.25, 0.3) is 0 Å². The van der Waals surface area contributed by atoms with Gasteiger partial charge in [0, 0.05) is 30.1 Å². The molecule has 0 aromatic heterocycles. The number of carbonyl (C=O) groups excluding carboxylic acids is 3. The van der Waals surface area contributed by atoms with Crippen LogP contribution in [0.1, 0.15) is 73.5 Å². The molecule has 0 radical (unpaired) electrons. The molecular weight excluding hydrogens is 440 g/mol. The minimum absolute atomic E-state index is 0.0448. The predicted octanol–water partition coefficient (Wildman–Crippen LogP) is 5.12. The van der Waals surface area contributed by atoms with Gasteiger partial charge in [-0.2, -0.15) is 0 Å². The Morgan fingerprint density at radius 2 is 1.71 bits per heavy atom. The van der Waals surface area contributed by atoms with Crippen molar-refractivity contribution >= 4 is 17.8 Å². The Morgan fingerprint density at radius 1 is 1.06 bits per heavy atom. The van der Waals surface area contributed by atoms with Crippen molar-refractivity contribution in [1.29, 1.82) is 0 Å². The maximum absolute atomic E-state index is 13.2. The van der Waals surface area contributed by atoms with E-state index in [1.807, 2.05) is 43.3 Å². The molecule has 0 saturated carbocycles. The molecule has 1 unspecified atom stereocenters. The zero-order valence-electron chi connectivity index (χ0n) is 21.4. The molecule has 186 valence electrons. The SMILES string of the molecule is CCOC(=O)C1=C(C)N(Cc2ccc(C(=O)NCCC(C)C)cc2)C(=O)CC1c1ccc(C)cc1. The van der Waals surface area contributed by atoms with Gasteiger partial charge in [-0.15, -0.1) is 0 Å². The molecule has 0 spiro atoms. The van der Waals surface area contributed by atoms with Crippen LogP contribution in [0.3, 0.4) is 0 Å². The zero-order chi connectivity index (χ0) is 25.5. The van der Waals surface area contributed by atoms with Gasteiger partial charge in [0.25, 0.3) is 5.91 Å². The number of esters is 1. The second kappa shape index (κ2) is 11.8. The second-order valence-electron chi connectivity index (χ2n) is 9.50. The third kappa shape index (κ3) is 6.59. The van der Waals surface area contributed by atoms with E-state index in [-0.39, 0.29) is 36.7 Å². The van der Waals surface area contributed by atoms with Crippen LogP contribution >= 0.6 is 0 Å². The fourth-order valence-electron chi connectivity index (χ4n) is 4.28. The quantitative estimate of drug-likeness (QED) is 0.510. The van der Waals surface area contributed by atoms with E-state index in [4.69, 9.17) is 4.74 Å². The summed E-state index contributed by atoms with van der Waals surface area (Å²) in [6, 6.07) is 15.2. The van der Waals surface area contributed by atoms with Gasteiger partial charge in [0.05, 0.1) is 18.7 Å². The van der Waals surface area contributed by atoms with E-state index in [9.17, 15) is 14.4 Å². The molecule has 2 aromatic rings. The highest BCUT2D eigenvalue weighted by molar-refractivity contribution is 5.96. The van der Waals surface area contributed by atoms with E-state index >= 15 is 0 Å². The topological polar surface area (TPSA) is 75.7 Å². The highest BCUT2D eigenvalue weighted by atomic mass is 16.5. The summed E-state index contributed by atoms with van der Waals surface area (Å²) < 4.78 is 5.37. The van der Waals surface area contributed by atoms with Crippen molar-refractivity contribution in [2.24, 2.45) is 5.92 Å². The van der Waals surface area contributed by atoms with Gasteiger partial charge in [-0.3, -0.25) is 9.59 Å². The molecule has 2 amide bonds. The molecule has 1 aliphatic heterocycles. The van der Waals surface area contributed by atoms with Gasteiger partial charge < -0.3 is 15.0 Å². The summed E-state index contributed by atoms with van der Waals surface area (Å²) in [5, 5.41) is 2.94. The Labute approximate surface area is 208 Å². The van der Waals surface area contributed by atoms with Crippen molar-refractivity contribution in [3.63, 3.8) is 0 Å². The number of benzene rings is 2. The van der Waals surface area contributed by atoms with Crippen LogP contribution in [0, 0.1) is 12.8 Å². The molecule has 0 aliphatic carbocycles. The van der Waals surface area contributed by atoms with Crippen molar-refractivity contribution in [1.82, 2.24) is 10.2 Å². The van der Waals surface area contributed by atoms with Crippen molar-refractivity contribution in [3.8, 4) is 0 Å². The molecule has 1 atom stereocenters. The summed E-state index contributed by atoms with van der Waals surface area (Å²) in [7, 11) is 0. The average molecular weight is 477 g/mol. The first kappa shape index (κ1) is 26.2. The Morgan fingerprint density at radius 3 is 2.31 bits per heavy atom. The maximum Gasteiger partial charge on any atom is 0.336 e. The van der Waals surface area contributed by atoms with Crippen molar-refractivity contribution in [3.05, 3.63) is 82.1 Å². The summed E-state index contributed by atoms with van der Waals surface area (Å²) in [6.07, 6.45) is 1.13. The molecular formula is C29H36N2O4. The average Bonchev–Trinajstić information content (AvgIpc) is 2.82. The zero-order valence-corrected chi connectivity index (χ0v) is 21.4. The van der Waals surface area contributed by atoms with E-state index in [0.29, 0.717) is 35.8 Å². The number of carbonyl (C=O) groups is 3. The van der Waals surface area contributed by atoms with Crippen molar-refractivity contribution < 1.29 is 19.1 Å². The minimum Gasteiger partial charge on any atom is -0.463 e. The molecule has 2 aromatic carbocycles. The van der Waals surface area contributed by atoms with E-state index in [2.05, 4.69) is 19.2 Å². The molecule has 0 saturated heterocycles. The highest BCUT2D eigenvalue weighted by Gasteiger charge is 2.36. The maximum atomic E-state index is 13.2. The number of amides is 2. The molecule has 6 nitrogen and oxygen atoms in total. The van der Waals surface area contributed by atoms with E-state index in [0.717, 1.165) is 23.1 Å². The third-order valence-corrected chi connectivity index (χ3v) is 6.36. The van der Waals surface area contributed by atoms with Gasteiger partial charge >= 0.3 is 5.97 Å². The van der Waals surface area contributed by atoms with Crippen LogP contribution in [0.2, 0.25) is 0 Å². The van der Waals surface area contributed by atoms with E-state index < -0.39 is 0 Å². The summed E-state index contributed by atoms with van der Waals surface area (Å²) in [4.78, 5) is 40.2. The summed E-state index contributed by atoms with van der Waals surface area (Å²) in [6.45, 7) is 11.1. The number of allylic oxidation sites excluding steroid dienone is 1. The van der Waals surface area contributed by atoms with E-state index in [1.165, 1.54) is 0 Å². The van der Waals surface area contributed by atoms with Gasteiger partial charge in [-0.05, 0) is 56.4 Å². The first-order chi connectivity index (χ1) is 16.7. The molecule has 6 heteroatoms. The molecule has 1 aliphatic rings. The first-order valence-corrected chi connectivity index (χ1v) is 12.3. The van der Waals surface area contributed by atoms with Crippen LogP contribution in [0.15, 0.2) is 59.8 Å². The van der Waals surface area contributed by atoms with Crippen molar-refractivity contribution in [2.45, 2.75) is 59.9 Å². The standard InChI is InChI=1S/C29H36N2O4/c1-6-35-29(34)27-21(5)31(26(32)17-25(27)23-11-7-20(4)8-12-23)18-22-9-13-24(14-10-22)28(33)30-16-15-19(2)3/h7-14,19,25H,6,15-18H2,1-5H3,(H,30,33). The van der Waals surface area contributed by atoms with Gasteiger partial charge in [0.15, 0.2) is 0 Å². The van der Waals surface area contributed by atoms with Gasteiger partial charge in [0.1, 0.15) is 0 Å². The Kier molecular flexibility index (Phi) is 8.85. The smallest absolute Gasteiger partial charge is 0.336 e. The summed E-state index contributed by atoms with van der Waals surface area (Å²) in [5.74, 6) is -0.345. The van der Waals surface area contributed by atoms with Gasteiger partial charge in [0.2, 0.25) is 5.91 Å². The minimum atomic E-state index is -0.388. The number of nitrogens with one attached hydrogen (secondary N) is 1. The first-order valence-electron chi connectivity index (χ1n) is 12.3. The number of hydrogen-bond acceptors (Lipinski definition) is 4. The normalized spacial score (nSPS) is 16.0. The molecule has 0 bridgehead atoms. The predicted molar refractivity (Wildman–Crippen MR) is 137 cm³/mol. The largest absolute Gasteiger partial charge is 0.463 e. The number of ether oxygens (including phenoxy) is 1. The highest BCUT2D eigenvalue weighted by Crippen LogP contribution is 2.37. The Hall–Kier alpha value is -3.41. The van der Waals surface area contributed by atoms with Crippen molar-refractivity contribution in [2.75, 3.05) is 13.2 Å². The lowest BCUT2D eigenvalue weighted by Crippen LogP contribution is -2.38. The lowest BCUT2D eigenvalue weighted by Gasteiger charge is -2.34. The van der Waals surface area contributed by atoms with Crippen LogP contribution < -0.4 is 5.32 Å². The fraction of sp³-hybridized carbons (Fsp3) is 0.414. The van der Waals surface area contributed by atoms with Crippen LogP contribution in [-0.2, 0) is 20.9 Å². The lowest BCUT2D eigenvalue weighted by molar-refractivity contribution is -0.140. The molecule has 35 heavy (non-hydrogen) atoms. The van der Waals surface area contributed by atoms with Crippen LogP contribution in [0.5, 0.6) is 0 Å². The molecule has 3 rings (SSSR count). The number of aryl methyl sites for hydroxylation is 1. The third-order valence-electron chi connectivity index (χ3n) is 6.36.